The van der Waals surface area contributed by atoms with Crippen molar-refractivity contribution in [3.8, 4) is 0 Å². The Balaban J connectivity index is 1.52. The summed E-state index contributed by atoms with van der Waals surface area (Å²) >= 11 is 0. The SMILES string of the molecule is CCNC(=NCC(OC)c1ccc(F)cc1)NC1CCN(C2CCCC2)CC1. The van der Waals surface area contributed by atoms with Crippen LogP contribution in [0.25, 0.3) is 0 Å². The van der Waals surface area contributed by atoms with Gasteiger partial charge in [-0.15, -0.1) is 0 Å². The number of likely N-dealkylation sites (tertiary alicyclic amines) is 1. The fourth-order valence-electron chi connectivity index (χ4n) is 4.36. The lowest BCUT2D eigenvalue weighted by molar-refractivity contribution is 0.110. The van der Waals surface area contributed by atoms with Crippen molar-refractivity contribution < 1.29 is 9.13 Å². The number of piperidine rings is 1. The van der Waals surface area contributed by atoms with E-state index in [9.17, 15) is 4.39 Å². The highest BCUT2D eigenvalue weighted by molar-refractivity contribution is 5.80. The Bertz CT molecular complexity index is 607. The summed E-state index contributed by atoms with van der Waals surface area (Å²) in [6.07, 6.45) is 7.69. The van der Waals surface area contributed by atoms with Crippen LogP contribution in [0.4, 0.5) is 4.39 Å². The molecule has 0 bridgehead atoms. The van der Waals surface area contributed by atoms with Crippen molar-refractivity contribution in [1.82, 2.24) is 15.5 Å². The van der Waals surface area contributed by atoms with Gasteiger partial charge in [0.1, 0.15) is 11.9 Å². The van der Waals surface area contributed by atoms with Crippen molar-refractivity contribution in [3.05, 3.63) is 35.6 Å². The first-order valence-corrected chi connectivity index (χ1v) is 10.8. The van der Waals surface area contributed by atoms with E-state index in [1.54, 1.807) is 19.2 Å². The molecule has 0 radical (unpaired) electrons. The Kier molecular flexibility index (Phi) is 8.10. The zero-order valence-corrected chi connectivity index (χ0v) is 17.3. The second kappa shape index (κ2) is 10.8. The highest BCUT2D eigenvalue weighted by Crippen LogP contribution is 2.26. The molecule has 1 saturated heterocycles. The minimum Gasteiger partial charge on any atom is -0.375 e. The van der Waals surface area contributed by atoms with Gasteiger partial charge in [0.05, 0.1) is 6.54 Å². The molecule has 2 aliphatic rings. The second-order valence-corrected chi connectivity index (χ2v) is 7.89. The lowest BCUT2D eigenvalue weighted by Crippen LogP contribution is -2.50. The number of halogens is 1. The minimum atomic E-state index is -0.235. The molecular weight excluding hydrogens is 355 g/mol. The third-order valence-corrected chi connectivity index (χ3v) is 6.00. The molecule has 1 aromatic rings. The van der Waals surface area contributed by atoms with Gasteiger partial charge in [-0.3, -0.25) is 4.99 Å². The first-order valence-electron chi connectivity index (χ1n) is 10.8. The average molecular weight is 391 g/mol. The van der Waals surface area contributed by atoms with Crippen LogP contribution in [0, 0.1) is 5.82 Å². The van der Waals surface area contributed by atoms with Crippen LogP contribution in [0.3, 0.4) is 0 Å². The summed E-state index contributed by atoms with van der Waals surface area (Å²) in [7, 11) is 1.67. The molecule has 0 aromatic heterocycles. The van der Waals surface area contributed by atoms with Crippen LogP contribution in [0.5, 0.6) is 0 Å². The van der Waals surface area contributed by atoms with Gasteiger partial charge in [0.25, 0.3) is 0 Å². The van der Waals surface area contributed by atoms with Crippen LogP contribution in [0.15, 0.2) is 29.3 Å². The van der Waals surface area contributed by atoms with Gasteiger partial charge in [0.2, 0.25) is 0 Å². The molecule has 1 heterocycles. The summed E-state index contributed by atoms with van der Waals surface area (Å²) in [6, 6.07) is 7.73. The number of hydrogen-bond donors (Lipinski definition) is 2. The Morgan fingerprint density at radius 1 is 1.18 bits per heavy atom. The number of nitrogens with one attached hydrogen (secondary N) is 2. The minimum absolute atomic E-state index is 0.180. The highest BCUT2D eigenvalue weighted by atomic mass is 19.1. The van der Waals surface area contributed by atoms with Crippen LogP contribution >= 0.6 is 0 Å². The molecule has 1 saturated carbocycles. The first kappa shape index (κ1) is 21.1. The lowest BCUT2D eigenvalue weighted by Gasteiger charge is -2.36. The van der Waals surface area contributed by atoms with E-state index in [0.29, 0.717) is 12.6 Å². The standard InChI is InChI=1S/C22H35FN4O/c1-3-24-22(25-16-21(28-2)17-8-10-18(23)11-9-17)26-19-12-14-27(15-13-19)20-6-4-5-7-20/h8-11,19-21H,3-7,12-16H2,1-2H3,(H2,24,25,26). The normalized spacial score (nSPS) is 21.0. The fourth-order valence-corrected chi connectivity index (χ4v) is 4.36. The van der Waals surface area contributed by atoms with Gasteiger partial charge in [0.15, 0.2) is 5.96 Å². The quantitative estimate of drug-likeness (QED) is 0.553. The summed E-state index contributed by atoms with van der Waals surface area (Å²) in [5, 5.41) is 6.95. The summed E-state index contributed by atoms with van der Waals surface area (Å²) in [4.78, 5) is 7.42. The molecule has 1 aliphatic carbocycles. The number of nitrogens with zero attached hydrogens (tertiary/aromatic N) is 2. The number of methoxy groups -OCH3 is 1. The van der Waals surface area contributed by atoms with Gasteiger partial charge < -0.3 is 20.3 Å². The Labute approximate surface area is 168 Å². The predicted molar refractivity (Wildman–Crippen MR) is 112 cm³/mol. The van der Waals surface area contributed by atoms with Gasteiger partial charge in [-0.1, -0.05) is 25.0 Å². The number of rotatable bonds is 7. The van der Waals surface area contributed by atoms with E-state index in [-0.39, 0.29) is 11.9 Å². The monoisotopic (exact) mass is 390 g/mol. The topological polar surface area (TPSA) is 48.9 Å². The highest BCUT2D eigenvalue weighted by Gasteiger charge is 2.27. The van der Waals surface area contributed by atoms with Gasteiger partial charge in [-0.05, 0) is 50.3 Å². The molecule has 5 nitrogen and oxygen atoms in total. The van der Waals surface area contributed by atoms with Crippen LogP contribution in [-0.4, -0.2) is 56.2 Å². The zero-order valence-electron chi connectivity index (χ0n) is 17.3. The molecule has 0 amide bonds. The van der Waals surface area contributed by atoms with Crippen LogP contribution in [0.2, 0.25) is 0 Å². The molecule has 156 valence electrons. The van der Waals surface area contributed by atoms with Gasteiger partial charge in [-0.2, -0.15) is 0 Å². The lowest BCUT2D eigenvalue weighted by atomic mass is 10.0. The molecule has 1 aromatic carbocycles. The summed E-state index contributed by atoms with van der Waals surface area (Å²) < 4.78 is 18.7. The van der Waals surface area contributed by atoms with Crippen molar-refractivity contribution in [2.45, 2.75) is 63.6 Å². The van der Waals surface area contributed by atoms with Crippen LogP contribution in [-0.2, 0) is 4.74 Å². The molecule has 1 aliphatic heterocycles. The maximum atomic E-state index is 13.2. The van der Waals surface area contributed by atoms with E-state index >= 15 is 0 Å². The Morgan fingerprint density at radius 2 is 1.86 bits per heavy atom. The molecule has 2 N–H and O–H groups in total. The predicted octanol–water partition coefficient (Wildman–Crippen LogP) is 3.48. The molecule has 28 heavy (non-hydrogen) atoms. The fraction of sp³-hybridized carbons (Fsp3) is 0.682. The summed E-state index contributed by atoms with van der Waals surface area (Å²) in [5.74, 6) is 0.604. The summed E-state index contributed by atoms with van der Waals surface area (Å²) in [5.41, 5.74) is 0.938. The van der Waals surface area contributed by atoms with Crippen molar-refractivity contribution in [1.29, 1.82) is 0 Å². The molecule has 3 rings (SSSR count). The maximum absolute atomic E-state index is 13.2. The molecule has 1 unspecified atom stereocenters. The van der Waals surface area contributed by atoms with E-state index in [1.807, 2.05) is 0 Å². The maximum Gasteiger partial charge on any atom is 0.191 e. The molecule has 0 spiro atoms. The van der Waals surface area contributed by atoms with E-state index in [4.69, 9.17) is 9.73 Å². The van der Waals surface area contributed by atoms with Crippen LogP contribution < -0.4 is 10.6 Å². The molecular formula is C22H35FN4O. The number of benzene rings is 1. The molecule has 2 fully saturated rings. The Morgan fingerprint density at radius 3 is 2.46 bits per heavy atom. The van der Waals surface area contributed by atoms with Crippen molar-refractivity contribution in [2.75, 3.05) is 33.3 Å². The van der Waals surface area contributed by atoms with Gasteiger partial charge in [0, 0.05) is 38.8 Å². The third-order valence-electron chi connectivity index (χ3n) is 6.00. The first-order chi connectivity index (χ1) is 13.7. The largest absolute Gasteiger partial charge is 0.375 e. The van der Waals surface area contributed by atoms with E-state index in [1.165, 1.54) is 50.9 Å². The van der Waals surface area contributed by atoms with E-state index < -0.39 is 0 Å². The number of aliphatic imine (C=N–C) groups is 1. The number of ether oxygens (including phenoxy) is 1. The van der Waals surface area contributed by atoms with Crippen LogP contribution in [0.1, 0.15) is 57.1 Å². The van der Waals surface area contributed by atoms with Crippen molar-refractivity contribution >= 4 is 5.96 Å². The molecule has 6 heteroatoms. The van der Waals surface area contributed by atoms with Gasteiger partial charge >= 0.3 is 0 Å². The number of guanidine groups is 1. The second-order valence-electron chi connectivity index (χ2n) is 7.89. The van der Waals surface area contributed by atoms with Crippen molar-refractivity contribution in [3.63, 3.8) is 0 Å². The summed E-state index contributed by atoms with van der Waals surface area (Å²) in [6.45, 7) is 5.75. The third kappa shape index (κ3) is 5.92. The zero-order chi connectivity index (χ0) is 19.8. The Hall–Kier alpha value is -1.66. The van der Waals surface area contributed by atoms with E-state index in [0.717, 1.165) is 37.0 Å². The number of hydrogen-bond acceptors (Lipinski definition) is 3. The molecule has 1 atom stereocenters. The van der Waals surface area contributed by atoms with E-state index in [2.05, 4.69) is 22.5 Å². The van der Waals surface area contributed by atoms with Gasteiger partial charge in [-0.25, -0.2) is 4.39 Å². The van der Waals surface area contributed by atoms with Crippen molar-refractivity contribution in [2.24, 2.45) is 4.99 Å². The average Bonchev–Trinajstić information content (AvgIpc) is 3.25. The smallest absolute Gasteiger partial charge is 0.191 e.